The molecule has 116 valence electrons. The topological polar surface area (TPSA) is 65.7 Å². The number of carboxylic acids is 1. The zero-order valence-electron chi connectivity index (χ0n) is 12.8. The molecule has 0 amide bonds. The molecule has 21 heavy (non-hydrogen) atoms. The minimum atomic E-state index is -0.703. The lowest BCUT2D eigenvalue weighted by atomic mass is 9.77. The van der Waals surface area contributed by atoms with Gasteiger partial charge in [0.15, 0.2) is 0 Å². The molecule has 2 aliphatic rings. The van der Waals surface area contributed by atoms with Crippen LogP contribution in [0.25, 0.3) is 0 Å². The molecule has 1 unspecified atom stereocenters. The number of nitrogens with zero attached hydrogens (tertiary/aromatic N) is 1. The Hall–Kier alpha value is -1.33. The maximum Gasteiger partial charge on any atom is 0.320 e. The quantitative estimate of drug-likeness (QED) is 0.891. The fourth-order valence-electron chi connectivity index (χ4n) is 3.80. The third-order valence-corrected chi connectivity index (χ3v) is 5.13. The third-order valence-electron chi connectivity index (χ3n) is 5.13. The van der Waals surface area contributed by atoms with Crippen molar-refractivity contribution in [2.24, 2.45) is 5.41 Å². The number of piperidine rings is 1. The molecule has 3 heterocycles. The Morgan fingerprint density at radius 2 is 2.19 bits per heavy atom. The van der Waals surface area contributed by atoms with E-state index in [0.717, 1.165) is 56.0 Å². The van der Waals surface area contributed by atoms with Gasteiger partial charge in [-0.1, -0.05) is 0 Å². The Balaban J connectivity index is 1.77. The molecular formula is C16H24N2O3. The SMILES string of the molecule is Cc1cc(CN2CC3(CCNCC3)CC2C(=O)O)oc1C. The summed E-state index contributed by atoms with van der Waals surface area (Å²) in [6.07, 6.45) is 2.91. The van der Waals surface area contributed by atoms with E-state index in [-0.39, 0.29) is 11.5 Å². The molecule has 0 aromatic carbocycles. The fraction of sp³-hybridized carbons (Fsp3) is 0.688. The first-order valence-electron chi connectivity index (χ1n) is 7.73. The van der Waals surface area contributed by atoms with Crippen molar-refractivity contribution in [3.8, 4) is 0 Å². The molecular weight excluding hydrogens is 268 g/mol. The van der Waals surface area contributed by atoms with Gasteiger partial charge in [-0.05, 0) is 63.2 Å². The highest BCUT2D eigenvalue weighted by molar-refractivity contribution is 5.74. The maximum absolute atomic E-state index is 11.6. The Morgan fingerprint density at radius 1 is 1.48 bits per heavy atom. The van der Waals surface area contributed by atoms with Crippen LogP contribution < -0.4 is 5.32 Å². The van der Waals surface area contributed by atoms with Crippen LogP contribution in [0.2, 0.25) is 0 Å². The maximum atomic E-state index is 11.6. The van der Waals surface area contributed by atoms with Gasteiger partial charge in [-0.25, -0.2) is 0 Å². The van der Waals surface area contributed by atoms with Crippen molar-refractivity contribution >= 4 is 5.97 Å². The van der Waals surface area contributed by atoms with Crippen molar-refractivity contribution in [1.82, 2.24) is 10.2 Å². The lowest BCUT2D eigenvalue weighted by Gasteiger charge is -2.33. The minimum absolute atomic E-state index is 0.172. The Bertz CT molecular complexity index is 512. The summed E-state index contributed by atoms with van der Waals surface area (Å²) in [7, 11) is 0. The van der Waals surface area contributed by atoms with Crippen molar-refractivity contribution in [2.45, 2.75) is 45.7 Å². The van der Waals surface area contributed by atoms with Crippen LogP contribution in [0.4, 0.5) is 0 Å². The molecule has 0 bridgehead atoms. The van der Waals surface area contributed by atoms with Gasteiger partial charge < -0.3 is 14.8 Å². The van der Waals surface area contributed by atoms with Gasteiger partial charge in [0.2, 0.25) is 0 Å². The highest BCUT2D eigenvalue weighted by atomic mass is 16.4. The van der Waals surface area contributed by atoms with Crippen LogP contribution >= 0.6 is 0 Å². The second-order valence-electron chi connectivity index (χ2n) is 6.67. The molecule has 1 aromatic rings. The van der Waals surface area contributed by atoms with E-state index < -0.39 is 5.97 Å². The molecule has 0 radical (unpaired) electrons. The minimum Gasteiger partial charge on any atom is -0.480 e. The number of furan rings is 1. The van der Waals surface area contributed by atoms with Crippen molar-refractivity contribution in [1.29, 1.82) is 0 Å². The number of nitrogens with one attached hydrogen (secondary N) is 1. The molecule has 1 spiro atoms. The molecule has 1 aromatic heterocycles. The van der Waals surface area contributed by atoms with E-state index >= 15 is 0 Å². The summed E-state index contributed by atoms with van der Waals surface area (Å²) in [6, 6.07) is 1.65. The summed E-state index contributed by atoms with van der Waals surface area (Å²) >= 11 is 0. The summed E-state index contributed by atoms with van der Waals surface area (Å²) in [5, 5.41) is 12.9. The zero-order chi connectivity index (χ0) is 15.0. The van der Waals surface area contributed by atoms with Crippen LogP contribution in [0.5, 0.6) is 0 Å². The van der Waals surface area contributed by atoms with E-state index in [1.165, 1.54) is 0 Å². The monoisotopic (exact) mass is 292 g/mol. The molecule has 2 aliphatic heterocycles. The average Bonchev–Trinajstić information content (AvgIpc) is 2.93. The van der Waals surface area contributed by atoms with Gasteiger partial charge >= 0.3 is 5.97 Å². The van der Waals surface area contributed by atoms with Crippen molar-refractivity contribution < 1.29 is 14.3 Å². The molecule has 0 aliphatic carbocycles. The largest absolute Gasteiger partial charge is 0.480 e. The predicted octanol–water partition coefficient (Wildman–Crippen LogP) is 1.93. The van der Waals surface area contributed by atoms with Gasteiger partial charge in [0.05, 0.1) is 6.54 Å². The lowest BCUT2D eigenvalue weighted by Crippen LogP contribution is -2.38. The molecule has 2 fully saturated rings. The first-order valence-corrected chi connectivity index (χ1v) is 7.73. The average molecular weight is 292 g/mol. The smallest absolute Gasteiger partial charge is 0.320 e. The molecule has 2 N–H and O–H groups in total. The Labute approximate surface area is 125 Å². The predicted molar refractivity (Wildman–Crippen MR) is 79.2 cm³/mol. The number of likely N-dealkylation sites (tertiary alicyclic amines) is 1. The van der Waals surface area contributed by atoms with Crippen LogP contribution in [0.15, 0.2) is 10.5 Å². The van der Waals surface area contributed by atoms with Crippen molar-refractivity contribution in [3.05, 3.63) is 23.2 Å². The Morgan fingerprint density at radius 3 is 2.76 bits per heavy atom. The van der Waals surface area contributed by atoms with Gasteiger partial charge in [-0.15, -0.1) is 0 Å². The summed E-state index contributed by atoms with van der Waals surface area (Å²) in [6.45, 7) is 7.44. The van der Waals surface area contributed by atoms with Crippen molar-refractivity contribution in [3.63, 3.8) is 0 Å². The van der Waals surface area contributed by atoms with Crippen LogP contribution in [-0.2, 0) is 11.3 Å². The van der Waals surface area contributed by atoms with E-state index in [1.807, 2.05) is 19.9 Å². The van der Waals surface area contributed by atoms with Crippen LogP contribution in [0.1, 0.15) is 36.3 Å². The van der Waals surface area contributed by atoms with Crippen LogP contribution in [0.3, 0.4) is 0 Å². The van der Waals surface area contributed by atoms with Crippen LogP contribution in [0, 0.1) is 19.3 Å². The number of aliphatic carboxylic acids is 1. The molecule has 5 nitrogen and oxygen atoms in total. The molecule has 0 saturated carbocycles. The number of carboxylic acid groups (broad SMARTS) is 1. The zero-order valence-corrected chi connectivity index (χ0v) is 12.8. The van der Waals surface area contributed by atoms with Crippen molar-refractivity contribution in [2.75, 3.05) is 19.6 Å². The number of rotatable bonds is 3. The number of hydrogen-bond donors (Lipinski definition) is 2. The summed E-state index contributed by atoms with van der Waals surface area (Å²) < 4.78 is 5.73. The third kappa shape index (κ3) is 2.85. The number of aryl methyl sites for hydroxylation is 2. The molecule has 1 atom stereocenters. The van der Waals surface area contributed by atoms with Gasteiger partial charge in [0.25, 0.3) is 0 Å². The number of hydrogen-bond acceptors (Lipinski definition) is 4. The van der Waals surface area contributed by atoms with Gasteiger partial charge in [-0.2, -0.15) is 0 Å². The van der Waals surface area contributed by atoms with Gasteiger partial charge in [0.1, 0.15) is 17.6 Å². The molecule has 5 heteroatoms. The van der Waals surface area contributed by atoms with E-state index in [2.05, 4.69) is 10.2 Å². The summed E-state index contributed by atoms with van der Waals surface area (Å²) in [5.74, 6) is 1.10. The first kappa shape index (κ1) is 14.6. The molecule has 3 rings (SSSR count). The number of carbonyl (C=O) groups is 1. The summed E-state index contributed by atoms with van der Waals surface area (Å²) in [5.41, 5.74) is 1.30. The van der Waals surface area contributed by atoms with Gasteiger partial charge in [0, 0.05) is 6.54 Å². The highest BCUT2D eigenvalue weighted by Crippen LogP contribution is 2.42. The second-order valence-corrected chi connectivity index (χ2v) is 6.67. The van der Waals surface area contributed by atoms with E-state index in [0.29, 0.717) is 6.54 Å². The van der Waals surface area contributed by atoms with E-state index in [9.17, 15) is 9.90 Å². The second kappa shape index (κ2) is 5.46. The van der Waals surface area contributed by atoms with Crippen LogP contribution in [-0.4, -0.2) is 41.7 Å². The standard InChI is InChI=1S/C16H24N2O3/c1-11-7-13(21-12(11)2)9-18-10-16(3-5-17-6-4-16)8-14(18)15(19)20/h7,14,17H,3-6,8-10H2,1-2H3,(H,19,20). The normalized spacial score (nSPS) is 25.5. The lowest BCUT2D eigenvalue weighted by molar-refractivity contribution is -0.142. The Kier molecular flexibility index (Phi) is 3.80. The highest BCUT2D eigenvalue weighted by Gasteiger charge is 2.47. The first-order chi connectivity index (χ1) is 9.99. The van der Waals surface area contributed by atoms with Gasteiger partial charge in [-0.3, -0.25) is 9.69 Å². The van der Waals surface area contributed by atoms with E-state index in [4.69, 9.17) is 4.42 Å². The van der Waals surface area contributed by atoms with E-state index in [1.54, 1.807) is 0 Å². The fourth-order valence-corrected chi connectivity index (χ4v) is 3.80. The summed E-state index contributed by atoms with van der Waals surface area (Å²) in [4.78, 5) is 13.7. The molecule has 2 saturated heterocycles.